The summed E-state index contributed by atoms with van der Waals surface area (Å²) in [5.41, 5.74) is -1.26. The number of nitrogens with zero attached hydrogens (tertiary/aromatic N) is 1. The summed E-state index contributed by atoms with van der Waals surface area (Å²) in [6, 6.07) is 7.13. The second-order valence-corrected chi connectivity index (χ2v) is 8.36. The summed E-state index contributed by atoms with van der Waals surface area (Å²) in [5, 5.41) is -0.206. The number of hydrogen-bond acceptors (Lipinski definition) is 4. The lowest BCUT2D eigenvalue weighted by atomic mass is 10.1. The Kier molecular flexibility index (Phi) is 5.59. The molecule has 0 radical (unpaired) electrons. The molecule has 1 aliphatic rings. The van der Waals surface area contributed by atoms with Crippen LogP contribution < -0.4 is 9.62 Å². The maximum atomic E-state index is 12.9. The van der Waals surface area contributed by atoms with E-state index in [4.69, 9.17) is 11.6 Å². The van der Waals surface area contributed by atoms with Crippen LogP contribution in [-0.2, 0) is 25.8 Å². The Bertz CT molecular complexity index is 1050. The standard InChI is InChI=1S/C18H14ClF3N2O4S/c19-14-9-4-11(18(20,21)22)10-15(14)23-29(27,28)13-7-5-12(6-8-13)24-16(25)2-1-3-17(24)26/h4-10,23H,1-3H2. The van der Waals surface area contributed by atoms with Crippen LogP contribution >= 0.6 is 11.6 Å². The Morgan fingerprint density at radius 2 is 1.55 bits per heavy atom. The molecular formula is C18H14ClF3N2O4S. The molecule has 1 aliphatic heterocycles. The highest BCUT2D eigenvalue weighted by Gasteiger charge is 2.32. The molecule has 1 fully saturated rings. The molecule has 0 spiro atoms. The summed E-state index contributed by atoms with van der Waals surface area (Å²) >= 11 is 5.82. The van der Waals surface area contributed by atoms with Crippen molar-refractivity contribution in [2.45, 2.75) is 30.3 Å². The first-order valence-corrected chi connectivity index (χ1v) is 10.2. The minimum atomic E-state index is -4.67. The van der Waals surface area contributed by atoms with Gasteiger partial charge in [-0.3, -0.25) is 19.2 Å². The van der Waals surface area contributed by atoms with Crippen molar-refractivity contribution < 1.29 is 31.2 Å². The molecule has 0 atom stereocenters. The minimum Gasteiger partial charge on any atom is -0.278 e. The van der Waals surface area contributed by atoms with E-state index in [0.717, 1.165) is 29.2 Å². The van der Waals surface area contributed by atoms with Crippen molar-refractivity contribution in [1.82, 2.24) is 0 Å². The van der Waals surface area contributed by atoms with Crippen molar-refractivity contribution in [3.05, 3.63) is 53.1 Å². The Balaban J connectivity index is 1.87. The molecule has 11 heteroatoms. The van der Waals surface area contributed by atoms with E-state index in [-0.39, 0.29) is 40.3 Å². The first-order valence-electron chi connectivity index (χ1n) is 8.34. The van der Waals surface area contributed by atoms with E-state index in [1.54, 1.807) is 0 Å². The van der Waals surface area contributed by atoms with Gasteiger partial charge in [-0.2, -0.15) is 13.2 Å². The van der Waals surface area contributed by atoms with E-state index in [1.807, 2.05) is 4.72 Å². The summed E-state index contributed by atoms with van der Waals surface area (Å²) in [7, 11) is -4.26. The molecule has 0 bridgehead atoms. The molecule has 3 rings (SSSR count). The van der Waals surface area contributed by atoms with Gasteiger partial charge in [0.15, 0.2) is 0 Å². The fraction of sp³-hybridized carbons (Fsp3) is 0.222. The van der Waals surface area contributed by atoms with Gasteiger partial charge in [-0.1, -0.05) is 11.6 Å². The molecule has 0 aromatic heterocycles. The van der Waals surface area contributed by atoms with Gasteiger partial charge in [0.05, 0.1) is 26.9 Å². The van der Waals surface area contributed by atoms with Crippen molar-refractivity contribution in [3.8, 4) is 0 Å². The molecule has 1 heterocycles. The Morgan fingerprint density at radius 1 is 0.966 bits per heavy atom. The van der Waals surface area contributed by atoms with Crippen molar-refractivity contribution in [3.63, 3.8) is 0 Å². The van der Waals surface area contributed by atoms with E-state index in [0.29, 0.717) is 12.5 Å². The molecule has 2 aromatic carbocycles. The van der Waals surface area contributed by atoms with Crippen LogP contribution in [0.2, 0.25) is 5.02 Å². The first kappa shape index (κ1) is 21.1. The normalized spacial score (nSPS) is 15.5. The number of carbonyl (C=O) groups is 2. The summed E-state index contributed by atoms with van der Waals surface area (Å²) in [5.74, 6) is -0.767. The summed E-state index contributed by atoms with van der Waals surface area (Å²) < 4.78 is 65.7. The third-order valence-corrected chi connectivity index (χ3v) is 5.93. The van der Waals surface area contributed by atoms with Gasteiger partial charge in [0.1, 0.15) is 0 Å². The highest BCUT2D eigenvalue weighted by atomic mass is 35.5. The van der Waals surface area contributed by atoms with Gasteiger partial charge < -0.3 is 0 Å². The number of piperidine rings is 1. The lowest BCUT2D eigenvalue weighted by Crippen LogP contribution is -2.40. The maximum Gasteiger partial charge on any atom is 0.416 e. The van der Waals surface area contributed by atoms with Crippen molar-refractivity contribution in [2.75, 3.05) is 9.62 Å². The minimum absolute atomic E-state index is 0.206. The average molecular weight is 447 g/mol. The summed E-state index contributed by atoms with van der Waals surface area (Å²) in [6.07, 6.45) is -3.79. The first-order chi connectivity index (χ1) is 13.5. The van der Waals surface area contributed by atoms with Crippen LogP contribution in [0.3, 0.4) is 0 Å². The van der Waals surface area contributed by atoms with Gasteiger partial charge in [0.25, 0.3) is 10.0 Å². The van der Waals surface area contributed by atoms with Crippen molar-refractivity contribution in [2.24, 2.45) is 0 Å². The van der Waals surface area contributed by atoms with Crippen molar-refractivity contribution >= 4 is 44.8 Å². The molecule has 154 valence electrons. The number of rotatable bonds is 4. The van der Waals surface area contributed by atoms with E-state index in [1.165, 1.54) is 12.1 Å². The van der Waals surface area contributed by atoms with Crippen molar-refractivity contribution in [1.29, 1.82) is 0 Å². The van der Waals surface area contributed by atoms with Gasteiger partial charge in [0, 0.05) is 12.8 Å². The van der Waals surface area contributed by atoms with Gasteiger partial charge in [-0.05, 0) is 48.9 Å². The number of hydrogen-bond donors (Lipinski definition) is 1. The molecule has 0 saturated carbocycles. The highest BCUT2D eigenvalue weighted by Crippen LogP contribution is 2.34. The van der Waals surface area contributed by atoms with E-state index in [2.05, 4.69) is 0 Å². The quantitative estimate of drug-likeness (QED) is 0.713. The van der Waals surface area contributed by atoms with Gasteiger partial charge >= 0.3 is 6.18 Å². The summed E-state index contributed by atoms with van der Waals surface area (Å²) in [4.78, 5) is 24.6. The van der Waals surface area contributed by atoms with Crippen LogP contribution in [0.25, 0.3) is 0 Å². The average Bonchev–Trinajstić information content (AvgIpc) is 2.63. The molecule has 1 N–H and O–H groups in total. The van der Waals surface area contributed by atoms with Gasteiger partial charge in [-0.15, -0.1) is 0 Å². The third-order valence-electron chi connectivity index (χ3n) is 4.22. The largest absolute Gasteiger partial charge is 0.416 e. The molecule has 6 nitrogen and oxygen atoms in total. The number of sulfonamides is 1. The number of carbonyl (C=O) groups excluding carboxylic acids is 2. The Morgan fingerprint density at radius 3 is 2.10 bits per heavy atom. The fourth-order valence-corrected chi connectivity index (χ4v) is 4.09. The number of imide groups is 1. The summed E-state index contributed by atoms with van der Waals surface area (Å²) in [6.45, 7) is 0. The monoisotopic (exact) mass is 446 g/mol. The number of amides is 2. The van der Waals surface area contributed by atoms with Gasteiger partial charge in [0.2, 0.25) is 11.8 Å². The van der Waals surface area contributed by atoms with Crippen LogP contribution in [0, 0.1) is 0 Å². The zero-order valence-corrected chi connectivity index (χ0v) is 16.2. The lowest BCUT2D eigenvalue weighted by Gasteiger charge is -2.24. The molecule has 0 aliphatic carbocycles. The zero-order chi connectivity index (χ0) is 21.4. The van der Waals surface area contributed by atoms with Crippen LogP contribution in [0.1, 0.15) is 24.8 Å². The number of alkyl halides is 3. The molecule has 1 saturated heterocycles. The molecular weight excluding hydrogens is 433 g/mol. The topological polar surface area (TPSA) is 83.6 Å². The molecule has 2 amide bonds. The van der Waals surface area contributed by atoms with Crippen LogP contribution in [0.15, 0.2) is 47.4 Å². The Hall–Kier alpha value is -2.59. The zero-order valence-electron chi connectivity index (χ0n) is 14.7. The predicted octanol–water partition coefficient (Wildman–Crippen LogP) is 4.20. The number of nitrogens with one attached hydrogen (secondary N) is 1. The maximum absolute atomic E-state index is 12.9. The smallest absolute Gasteiger partial charge is 0.278 e. The van der Waals surface area contributed by atoms with E-state index < -0.39 is 27.5 Å². The fourth-order valence-electron chi connectivity index (χ4n) is 2.80. The Labute approximate surface area is 169 Å². The molecule has 2 aromatic rings. The molecule has 0 unspecified atom stereocenters. The number of anilines is 2. The second-order valence-electron chi connectivity index (χ2n) is 6.27. The third kappa shape index (κ3) is 4.54. The SMILES string of the molecule is O=C1CCCC(=O)N1c1ccc(S(=O)(=O)Nc2cc(C(F)(F)F)ccc2Cl)cc1. The molecule has 29 heavy (non-hydrogen) atoms. The van der Waals surface area contributed by atoms with E-state index >= 15 is 0 Å². The number of halogens is 4. The van der Waals surface area contributed by atoms with Crippen LogP contribution in [0.4, 0.5) is 24.5 Å². The predicted molar refractivity (Wildman–Crippen MR) is 100 cm³/mol. The lowest BCUT2D eigenvalue weighted by molar-refractivity contribution is -0.137. The van der Waals surface area contributed by atoms with Crippen LogP contribution in [-0.4, -0.2) is 20.2 Å². The van der Waals surface area contributed by atoms with E-state index in [9.17, 15) is 31.2 Å². The number of benzene rings is 2. The van der Waals surface area contributed by atoms with Crippen LogP contribution in [0.5, 0.6) is 0 Å². The second kappa shape index (κ2) is 7.68. The van der Waals surface area contributed by atoms with Gasteiger partial charge in [-0.25, -0.2) is 8.42 Å². The highest BCUT2D eigenvalue weighted by molar-refractivity contribution is 7.92.